The molecule has 0 aliphatic rings. The van der Waals surface area contributed by atoms with Crippen molar-refractivity contribution in [1.82, 2.24) is 14.5 Å². The maximum Gasteiger partial charge on any atom is 0.322 e. The van der Waals surface area contributed by atoms with Gasteiger partial charge in [0.1, 0.15) is 0 Å². The van der Waals surface area contributed by atoms with Crippen LogP contribution in [0.4, 0.5) is 6.01 Å². The van der Waals surface area contributed by atoms with E-state index in [-0.39, 0.29) is 33.0 Å². The first kappa shape index (κ1) is 22.6. The molecule has 2 aromatic carbocycles. The van der Waals surface area contributed by atoms with Gasteiger partial charge in [0.15, 0.2) is 9.84 Å². The van der Waals surface area contributed by atoms with Crippen LogP contribution >= 0.6 is 0 Å². The Morgan fingerprint density at radius 1 is 1.00 bits per heavy atom. The van der Waals surface area contributed by atoms with E-state index in [1.165, 1.54) is 63.5 Å². The molecule has 0 aliphatic carbocycles. The van der Waals surface area contributed by atoms with Gasteiger partial charge in [-0.25, -0.2) is 21.1 Å². The van der Waals surface area contributed by atoms with E-state index in [1.807, 2.05) is 0 Å². The molecule has 10 nitrogen and oxygen atoms in total. The van der Waals surface area contributed by atoms with Crippen molar-refractivity contribution in [3.63, 3.8) is 0 Å². The molecule has 0 atom stereocenters. The first-order valence-electron chi connectivity index (χ1n) is 9.06. The van der Waals surface area contributed by atoms with Gasteiger partial charge in [0.2, 0.25) is 15.9 Å². The number of carbonyl (C=O) groups is 1. The summed E-state index contributed by atoms with van der Waals surface area (Å²) in [6.45, 7) is 1.49. The largest absolute Gasteiger partial charge is 0.403 e. The third kappa shape index (κ3) is 4.65. The van der Waals surface area contributed by atoms with Gasteiger partial charge in [-0.05, 0) is 36.4 Å². The van der Waals surface area contributed by atoms with E-state index in [0.717, 1.165) is 4.31 Å². The van der Waals surface area contributed by atoms with Crippen LogP contribution in [0, 0.1) is 0 Å². The Morgan fingerprint density at radius 3 is 2.26 bits per heavy atom. The predicted molar refractivity (Wildman–Crippen MR) is 113 cm³/mol. The lowest BCUT2D eigenvalue weighted by molar-refractivity contribution is 0.102. The van der Waals surface area contributed by atoms with E-state index in [2.05, 4.69) is 15.5 Å². The molecule has 3 aromatic rings. The molecule has 0 bridgehead atoms. The van der Waals surface area contributed by atoms with E-state index in [1.54, 1.807) is 6.07 Å². The summed E-state index contributed by atoms with van der Waals surface area (Å²) < 4.78 is 55.3. The topological polar surface area (TPSA) is 140 Å². The number of sulfone groups is 1. The first-order valence-corrected chi connectivity index (χ1v) is 12.1. The van der Waals surface area contributed by atoms with Gasteiger partial charge < -0.3 is 4.42 Å². The van der Waals surface area contributed by atoms with Crippen LogP contribution in [0.5, 0.6) is 0 Å². The SMILES string of the molecule is CCS(=O)(=O)c1ccccc1C(=O)Nc1nnc(-c2ccc(S(=O)(=O)N(C)C)cc2)o1. The summed E-state index contributed by atoms with van der Waals surface area (Å²) in [5.41, 5.74) is 0.405. The number of anilines is 1. The molecular weight excluding hydrogens is 444 g/mol. The van der Waals surface area contributed by atoms with Crippen molar-refractivity contribution < 1.29 is 26.0 Å². The van der Waals surface area contributed by atoms with Gasteiger partial charge in [-0.1, -0.05) is 24.2 Å². The third-order valence-corrected chi connectivity index (χ3v) is 7.99. The van der Waals surface area contributed by atoms with Crippen LogP contribution in [-0.2, 0) is 19.9 Å². The number of amides is 1. The highest BCUT2D eigenvalue weighted by Gasteiger charge is 2.22. The maximum absolute atomic E-state index is 12.6. The molecule has 31 heavy (non-hydrogen) atoms. The Bertz CT molecular complexity index is 1310. The van der Waals surface area contributed by atoms with Crippen LogP contribution < -0.4 is 5.32 Å². The Morgan fingerprint density at radius 2 is 1.65 bits per heavy atom. The number of hydrogen-bond donors (Lipinski definition) is 1. The fourth-order valence-electron chi connectivity index (χ4n) is 2.62. The monoisotopic (exact) mass is 464 g/mol. The number of carbonyl (C=O) groups excluding carboxylic acids is 1. The van der Waals surface area contributed by atoms with Crippen LogP contribution in [0.3, 0.4) is 0 Å². The molecule has 0 unspecified atom stereocenters. The van der Waals surface area contributed by atoms with Crippen molar-refractivity contribution >= 4 is 31.8 Å². The number of benzene rings is 2. The fraction of sp³-hybridized carbons (Fsp3) is 0.211. The molecule has 1 heterocycles. The maximum atomic E-state index is 12.6. The lowest BCUT2D eigenvalue weighted by Crippen LogP contribution is -2.22. The second-order valence-electron chi connectivity index (χ2n) is 6.58. The summed E-state index contributed by atoms with van der Waals surface area (Å²) in [6.07, 6.45) is 0. The highest BCUT2D eigenvalue weighted by Crippen LogP contribution is 2.24. The van der Waals surface area contributed by atoms with Crippen LogP contribution in [0.1, 0.15) is 17.3 Å². The van der Waals surface area contributed by atoms with Crippen LogP contribution in [-0.4, -0.2) is 57.1 Å². The highest BCUT2D eigenvalue weighted by atomic mass is 32.2. The molecule has 0 saturated heterocycles. The summed E-state index contributed by atoms with van der Waals surface area (Å²) in [4.78, 5) is 12.6. The summed E-state index contributed by atoms with van der Waals surface area (Å²) in [7, 11) is -4.32. The minimum atomic E-state index is -3.61. The lowest BCUT2D eigenvalue weighted by Gasteiger charge is -2.11. The zero-order valence-corrected chi connectivity index (χ0v) is 18.6. The standard InChI is InChI=1S/C19H20N4O6S2/c1-4-30(25,26)16-8-6-5-7-15(16)17(24)20-19-22-21-18(29-19)13-9-11-14(12-10-13)31(27,28)23(2)3/h5-12H,4H2,1-3H3,(H,20,22,24). The molecule has 3 rings (SSSR count). The number of hydrogen-bond acceptors (Lipinski definition) is 8. The molecular formula is C19H20N4O6S2. The molecule has 0 spiro atoms. The molecule has 0 aliphatic heterocycles. The first-order chi connectivity index (χ1) is 14.6. The lowest BCUT2D eigenvalue weighted by atomic mass is 10.2. The molecule has 1 N–H and O–H groups in total. The summed E-state index contributed by atoms with van der Waals surface area (Å²) in [5, 5.41) is 9.97. The van der Waals surface area contributed by atoms with Crippen molar-refractivity contribution in [3.05, 3.63) is 54.1 Å². The van der Waals surface area contributed by atoms with Gasteiger partial charge in [-0.3, -0.25) is 10.1 Å². The molecule has 1 amide bonds. The average Bonchev–Trinajstić information content (AvgIpc) is 3.22. The van der Waals surface area contributed by atoms with Gasteiger partial charge in [0.25, 0.3) is 5.91 Å². The van der Waals surface area contributed by atoms with Crippen LogP contribution in [0.25, 0.3) is 11.5 Å². The van der Waals surface area contributed by atoms with E-state index in [0.29, 0.717) is 5.56 Å². The average molecular weight is 465 g/mol. The number of aromatic nitrogens is 2. The fourth-order valence-corrected chi connectivity index (χ4v) is 4.61. The smallest absolute Gasteiger partial charge is 0.322 e. The van der Waals surface area contributed by atoms with E-state index < -0.39 is 25.8 Å². The van der Waals surface area contributed by atoms with E-state index in [4.69, 9.17) is 4.42 Å². The summed E-state index contributed by atoms with van der Waals surface area (Å²) in [5.74, 6) is -0.810. The molecule has 164 valence electrons. The van der Waals surface area contributed by atoms with Crippen LogP contribution in [0.2, 0.25) is 0 Å². The normalized spacial score (nSPS) is 12.1. The number of rotatable bonds is 7. The van der Waals surface area contributed by atoms with Gasteiger partial charge in [-0.2, -0.15) is 0 Å². The highest BCUT2D eigenvalue weighted by molar-refractivity contribution is 7.91. The van der Waals surface area contributed by atoms with Crippen molar-refractivity contribution in [2.24, 2.45) is 0 Å². The van der Waals surface area contributed by atoms with Gasteiger partial charge in [0.05, 0.1) is 21.1 Å². The van der Waals surface area contributed by atoms with E-state index >= 15 is 0 Å². The van der Waals surface area contributed by atoms with Crippen molar-refractivity contribution in [2.75, 3.05) is 25.2 Å². The Balaban J connectivity index is 1.82. The molecule has 1 aromatic heterocycles. The quantitative estimate of drug-likeness (QED) is 0.560. The predicted octanol–water partition coefficient (Wildman–Crippen LogP) is 2.03. The van der Waals surface area contributed by atoms with Gasteiger partial charge in [-0.15, -0.1) is 5.10 Å². The molecule has 0 fully saturated rings. The zero-order chi connectivity index (χ0) is 22.8. The second kappa shape index (κ2) is 8.57. The zero-order valence-electron chi connectivity index (χ0n) is 16.9. The number of nitrogens with one attached hydrogen (secondary N) is 1. The van der Waals surface area contributed by atoms with Crippen molar-refractivity contribution in [3.8, 4) is 11.5 Å². The summed E-state index contributed by atoms with van der Waals surface area (Å²) in [6, 6.07) is 11.4. The number of nitrogens with zero attached hydrogens (tertiary/aromatic N) is 3. The second-order valence-corrected chi connectivity index (χ2v) is 11.0. The van der Waals surface area contributed by atoms with Crippen molar-refractivity contribution in [1.29, 1.82) is 0 Å². The molecule has 0 saturated carbocycles. The third-order valence-electron chi connectivity index (χ3n) is 4.37. The Labute approximate surface area is 179 Å². The number of sulfonamides is 1. The van der Waals surface area contributed by atoms with Gasteiger partial charge >= 0.3 is 6.01 Å². The van der Waals surface area contributed by atoms with Crippen LogP contribution in [0.15, 0.2) is 62.7 Å². The van der Waals surface area contributed by atoms with Crippen molar-refractivity contribution in [2.45, 2.75) is 16.7 Å². The van der Waals surface area contributed by atoms with Gasteiger partial charge in [0, 0.05) is 19.7 Å². The minimum absolute atomic E-state index is 0.0395. The molecule has 0 radical (unpaired) electrons. The minimum Gasteiger partial charge on any atom is -0.403 e. The molecule has 12 heteroatoms. The summed E-state index contributed by atoms with van der Waals surface area (Å²) >= 11 is 0. The Kier molecular flexibility index (Phi) is 6.25. The van der Waals surface area contributed by atoms with E-state index in [9.17, 15) is 21.6 Å². The Hall–Kier alpha value is -3.09.